The molecule has 1 unspecified atom stereocenters. The van der Waals surface area contributed by atoms with Gasteiger partial charge in [-0.3, -0.25) is 4.79 Å². The van der Waals surface area contributed by atoms with Crippen molar-refractivity contribution in [1.29, 1.82) is 0 Å². The summed E-state index contributed by atoms with van der Waals surface area (Å²) in [5.74, 6) is -1.34. The number of amidine groups is 1. The number of benzene rings is 3. The van der Waals surface area contributed by atoms with E-state index in [4.69, 9.17) is 25.5 Å². The van der Waals surface area contributed by atoms with Crippen molar-refractivity contribution in [3.8, 4) is 11.5 Å². The van der Waals surface area contributed by atoms with Crippen molar-refractivity contribution in [3.05, 3.63) is 82.4 Å². The summed E-state index contributed by atoms with van der Waals surface area (Å²) >= 11 is 0. The first-order valence-electron chi connectivity index (χ1n) is 12.3. The quantitative estimate of drug-likeness (QED) is 0.0716. The number of aryl methyl sites for hydroxylation is 1. The maximum Gasteiger partial charge on any atom is 0.341 e. The molecule has 0 bridgehead atoms. The highest BCUT2D eigenvalue weighted by atomic mass is 16.5. The molecule has 0 saturated carbocycles. The number of nitrogens with two attached hydrogens (primary N) is 1. The number of hydrogen-bond donors (Lipinski definition) is 7. The third-order valence-corrected chi connectivity index (χ3v) is 5.73. The number of ether oxygens (including phenoxy) is 2. The maximum atomic E-state index is 13.2. The molecule has 0 aliphatic carbocycles. The molecule has 0 aliphatic heterocycles. The number of aliphatic hydroxyl groups is 2. The van der Waals surface area contributed by atoms with E-state index in [1.165, 1.54) is 6.07 Å². The van der Waals surface area contributed by atoms with Gasteiger partial charge in [0.25, 0.3) is 5.91 Å². The van der Waals surface area contributed by atoms with E-state index in [1.54, 1.807) is 49.4 Å². The van der Waals surface area contributed by atoms with Crippen molar-refractivity contribution >= 4 is 29.1 Å². The lowest BCUT2D eigenvalue weighted by Gasteiger charge is -2.21. The first-order chi connectivity index (χ1) is 19.1. The number of amides is 1. The molecule has 8 N–H and O–H groups in total. The second-order valence-electron chi connectivity index (χ2n) is 8.95. The summed E-state index contributed by atoms with van der Waals surface area (Å²) in [4.78, 5) is 24.4. The highest BCUT2D eigenvalue weighted by Gasteiger charge is 2.19. The highest BCUT2D eigenvalue weighted by Crippen LogP contribution is 2.35. The van der Waals surface area contributed by atoms with Gasteiger partial charge in [0, 0.05) is 29.0 Å². The smallest absolute Gasteiger partial charge is 0.341 e. The van der Waals surface area contributed by atoms with Gasteiger partial charge >= 0.3 is 5.97 Å². The van der Waals surface area contributed by atoms with E-state index >= 15 is 0 Å². The average molecular weight is 553 g/mol. The van der Waals surface area contributed by atoms with Gasteiger partial charge in [-0.1, -0.05) is 16.8 Å². The summed E-state index contributed by atoms with van der Waals surface area (Å²) in [5, 5.41) is 46.2. The molecule has 40 heavy (non-hydrogen) atoms. The Balaban J connectivity index is 1.90. The van der Waals surface area contributed by atoms with E-state index in [9.17, 15) is 19.8 Å². The Bertz CT molecular complexity index is 1380. The second-order valence-corrected chi connectivity index (χ2v) is 8.95. The van der Waals surface area contributed by atoms with Crippen molar-refractivity contribution in [2.24, 2.45) is 10.9 Å². The van der Waals surface area contributed by atoms with Crippen LogP contribution in [0.4, 0.5) is 11.4 Å². The molecular weight excluding hydrogens is 520 g/mol. The number of nitrogens with zero attached hydrogens (tertiary/aromatic N) is 1. The van der Waals surface area contributed by atoms with Crippen molar-refractivity contribution in [1.82, 2.24) is 0 Å². The maximum absolute atomic E-state index is 13.2. The Hall–Kier alpha value is -4.81. The predicted octanol–water partition coefficient (Wildman–Crippen LogP) is 2.67. The van der Waals surface area contributed by atoms with Gasteiger partial charge in [-0.15, -0.1) is 0 Å². The van der Waals surface area contributed by atoms with E-state index in [1.807, 2.05) is 13.0 Å². The molecule has 0 radical (unpaired) electrons. The SMILES string of the molecule is Cc1ccc(NCc2cc(CO)cc(OC(C)CO)c2OCC(=O)O)c(C(=O)Nc2ccc(/C(N)=N/O)cc2)c1. The zero-order valence-corrected chi connectivity index (χ0v) is 22.0. The molecule has 0 aliphatic rings. The summed E-state index contributed by atoms with van der Waals surface area (Å²) < 4.78 is 11.3. The Kier molecular flexibility index (Phi) is 10.3. The summed E-state index contributed by atoms with van der Waals surface area (Å²) in [6.45, 7) is 2.32. The highest BCUT2D eigenvalue weighted by molar-refractivity contribution is 6.08. The topological polar surface area (TPSA) is 196 Å². The van der Waals surface area contributed by atoms with Crippen LogP contribution in [0.15, 0.2) is 59.8 Å². The molecule has 212 valence electrons. The van der Waals surface area contributed by atoms with Crippen molar-refractivity contribution < 1.29 is 39.6 Å². The van der Waals surface area contributed by atoms with Crippen molar-refractivity contribution in [2.45, 2.75) is 33.1 Å². The van der Waals surface area contributed by atoms with E-state index in [0.717, 1.165) is 5.56 Å². The van der Waals surface area contributed by atoms with Gasteiger partial charge in [0.2, 0.25) is 0 Å². The monoisotopic (exact) mass is 552 g/mol. The minimum atomic E-state index is -1.19. The normalized spacial score (nSPS) is 11.9. The molecule has 0 saturated heterocycles. The average Bonchev–Trinajstić information content (AvgIpc) is 2.95. The van der Waals surface area contributed by atoms with Crippen LogP contribution in [0.5, 0.6) is 11.5 Å². The van der Waals surface area contributed by atoms with Crippen LogP contribution >= 0.6 is 0 Å². The lowest BCUT2D eigenvalue weighted by atomic mass is 10.1. The fraction of sp³-hybridized carbons (Fsp3) is 0.250. The summed E-state index contributed by atoms with van der Waals surface area (Å²) in [6, 6.07) is 14.9. The molecule has 0 aromatic heterocycles. The number of hydrogen-bond acceptors (Lipinski definition) is 9. The number of oxime groups is 1. The Morgan fingerprint density at radius 3 is 2.42 bits per heavy atom. The zero-order valence-electron chi connectivity index (χ0n) is 22.0. The lowest BCUT2D eigenvalue weighted by molar-refractivity contribution is -0.139. The van der Waals surface area contributed by atoms with Gasteiger partial charge in [-0.05, 0) is 67.9 Å². The van der Waals surface area contributed by atoms with E-state index in [0.29, 0.717) is 33.6 Å². The Morgan fingerprint density at radius 2 is 1.80 bits per heavy atom. The number of aliphatic carboxylic acids is 1. The Labute approximate surface area is 230 Å². The minimum Gasteiger partial charge on any atom is -0.484 e. The number of nitrogens with one attached hydrogen (secondary N) is 2. The fourth-order valence-corrected chi connectivity index (χ4v) is 3.76. The first kappa shape index (κ1) is 29.7. The number of carbonyl (C=O) groups excluding carboxylic acids is 1. The molecular formula is C28H32N4O8. The minimum absolute atomic E-state index is 0.0561. The summed E-state index contributed by atoms with van der Waals surface area (Å²) in [5.41, 5.74) is 9.20. The number of aliphatic hydroxyl groups excluding tert-OH is 2. The van der Waals surface area contributed by atoms with Crippen LogP contribution in [0.25, 0.3) is 0 Å². The summed E-state index contributed by atoms with van der Waals surface area (Å²) in [6.07, 6.45) is -0.615. The molecule has 0 heterocycles. The number of carboxylic acids is 1. The van der Waals surface area contributed by atoms with E-state index < -0.39 is 24.6 Å². The number of carboxylic acid groups (broad SMARTS) is 1. The molecule has 3 aromatic carbocycles. The molecule has 3 aromatic rings. The summed E-state index contributed by atoms with van der Waals surface area (Å²) in [7, 11) is 0. The molecule has 1 atom stereocenters. The van der Waals surface area contributed by atoms with Gasteiger partial charge in [0.15, 0.2) is 23.9 Å². The second kappa shape index (κ2) is 13.8. The molecule has 12 nitrogen and oxygen atoms in total. The number of anilines is 2. The van der Waals surface area contributed by atoms with Crippen LogP contribution in [0.2, 0.25) is 0 Å². The number of rotatable bonds is 13. The van der Waals surface area contributed by atoms with E-state index in [2.05, 4.69) is 15.8 Å². The Morgan fingerprint density at radius 1 is 1.07 bits per heavy atom. The van der Waals surface area contributed by atoms with Crippen LogP contribution in [-0.4, -0.2) is 57.6 Å². The molecule has 1 amide bonds. The van der Waals surface area contributed by atoms with E-state index in [-0.39, 0.29) is 37.1 Å². The number of carbonyl (C=O) groups is 2. The van der Waals surface area contributed by atoms with Gasteiger partial charge in [-0.2, -0.15) is 0 Å². The van der Waals surface area contributed by atoms with Gasteiger partial charge in [0.05, 0.1) is 18.8 Å². The molecule has 3 rings (SSSR count). The molecule has 0 fully saturated rings. The largest absolute Gasteiger partial charge is 0.484 e. The van der Waals surface area contributed by atoms with Crippen molar-refractivity contribution in [3.63, 3.8) is 0 Å². The molecule has 12 heteroatoms. The zero-order chi connectivity index (χ0) is 29.2. The fourth-order valence-electron chi connectivity index (χ4n) is 3.76. The first-order valence-corrected chi connectivity index (χ1v) is 12.3. The lowest BCUT2D eigenvalue weighted by Crippen LogP contribution is -2.19. The third-order valence-electron chi connectivity index (χ3n) is 5.73. The van der Waals surface area contributed by atoms with Crippen LogP contribution in [0.1, 0.15) is 39.5 Å². The van der Waals surface area contributed by atoms with Crippen LogP contribution in [0.3, 0.4) is 0 Å². The van der Waals surface area contributed by atoms with Crippen LogP contribution in [-0.2, 0) is 17.9 Å². The third kappa shape index (κ3) is 7.85. The predicted molar refractivity (Wildman–Crippen MR) is 148 cm³/mol. The van der Waals surface area contributed by atoms with Gasteiger partial charge in [0.1, 0.15) is 6.10 Å². The van der Waals surface area contributed by atoms with Gasteiger partial charge < -0.3 is 46.4 Å². The van der Waals surface area contributed by atoms with Crippen molar-refractivity contribution in [2.75, 3.05) is 23.8 Å². The van der Waals surface area contributed by atoms with Crippen LogP contribution in [0, 0.1) is 6.92 Å². The van der Waals surface area contributed by atoms with Gasteiger partial charge in [-0.25, -0.2) is 4.79 Å². The standard InChI is InChI=1S/C28H32N4O8/c1-16-3-8-23(22(9-16)28(37)31-21-6-4-19(5-7-21)27(29)32-38)30-12-20-10-18(14-34)11-24(40-17(2)13-33)26(20)39-15-25(35)36/h3-11,17,30,33-34,38H,12-15H2,1-2H3,(H2,29,32)(H,31,37)(H,35,36). The molecule has 0 spiro atoms. The van der Waals surface area contributed by atoms with Crippen LogP contribution < -0.4 is 25.8 Å².